The highest BCUT2D eigenvalue weighted by Gasteiger charge is 2.05. The monoisotopic (exact) mass is 312 g/mol. The summed E-state index contributed by atoms with van der Waals surface area (Å²) >= 11 is 0. The maximum atomic E-state index is 12.1. The molecule has 0 aliphatic rings. The minimum Gasteiger partial charge on any atom is -0.326 e. The van der Waals surface area contributed by atoms with E-state index >= 15 is 0 Å². The molecule has 0 aromatic heterocycles. The van der Waals surface area contributed by atoms with Crippen LogP contribution in [0.2, 0.25) is 0 Å². The fourth-order valence-corrected chi connectivity index (χ4v) is 2.46. The third kappa shape index (κ3) is 3.88. The third-order valence-corrected chi connectivity index (χ3v) is 3.72. The van der Waals surface area contributed by atoms with Gasteiger partial charge in [0.05, 0.1) is 18.1 Å². The first-order chi connectivity index (χ1) is 11.7. The molecular formula is C21H16N2O. The van der Waals surface area contributed by atoms with Crippen molar-refractivity contribution in [2.75, 3.05) is 5.32 Å². The van der Waals surface area contributed by atoms with Crippen molar-refractivity contribution in [3.05, 3.63) is 90.0 Å². The number of nitriles is 1. The average Bonchev–Trinajstić information content (AvgIpc) is 2.64. The van der Waals surface area contributed by atoms with Gasteiger partial charge in [-0.25, -0.2) is 0 Å². The zero-order valence-corrected chi connectivity index (χ0v) is 13.1. The Kier molecular flexibility index (Phi) is 4.69. The number of amides is 1. The topological polar surface area (TPSA) is 52.9 Å². The molecule has 0 unspecified atom stereocenters. The minimum atomic E-state index is -0.0767. The zero-order chi connectivity index (χ0) is 16.8. The SMILES string of the molecule is N#Cc1ccc(NC(=O)Cc2ccc(-c3ccccc3)cc2)cc1. The molecule has 0 fully saturated rings. The Balaban J connectivity index is 1.63. The maximum absolute atomic E-state index is 12.1. The first-order valence-corrected chi connectivity index (χ1v) is 7.69. The van der Waals surface area contributed by atoms with Crippen molar-refractivity contribution in [3.63, 3.8) is 0 Å². The number of nitrogens with one attached hydrogen (secondary N) is 1. The molecule has 3 nitrogen and oxygen atoms in total. The molecule has 1 N–H and O–H groups in total. The Labute approximate surface area is 141 Å². The summed E-state index contributed by atoms with van der Waals surface area (Å²) < 4.78 is 0. The van der Waals surface area contributed by atoms with E-state index in [0.717, 1.165) is 16.7 Å². The molecule has 0 atom stereocenters. The first kappa shape index (κ1) is 15.5. The molecule has 116 valence electrons. The molecule has 0 radical (unpaired) electrons. The minimum absolute atomic E-state index is 0.0767. The van der Waals surface area contributed by atoms with Gasteiger partial charge < -0.3 is 5.32 Å². The van der Waals surface area contributed by atoms with Crippen molar-refractivity contribution < 1.29 is 4.79 Å². The van der Waals surface area contributed by atoms with Gasteiger partial charge in [0.2, 0.25) is 5.91 Å². The normalized spacial score (nSPS) is 9.96. The fraction of sp³-hybridized carbons (Fsp3) is 0.0476. The number of carbonyl (C=O) groups excluding carboxylic acids is 1. The van der Waals surface area contributed by atoms with E-state index in [1.54, 1.807) is 24.3 Å². The predicted octanol–water partition coefficient (Wildman–Crippen LogP) is 4.41. The van der Waals surface area contributed by atoms with Gasteiger partial charge in [0.15, 0.2) is 0 Å². The van der Waals surface area contributed by atoms with Crippen LogP contribution in [-0.2, 0) is 11.2 Å². The Hall–Kier alpha value is -3.38. The van der Waals surface area contributed by atoms with Crippen LogP contribution in [0.15, 0.2) is 78.9 Å². The highest BCUT2D eigenvalue weighted by Crippen LogP contribution is 2.19. The second-order valence-corrected chi connectivity index (χ2v) is 5.48. The summed E-state index contributed by atoms with van der Waals surface area (Å²) in [5, 5.41) is 11.6. The van der Waals surface area contributed by atoms with Gasteiger partial charge in [0.1, 0.15) is 0 Å². The molecule has 3 rings (SSSR count). The molecule has 3 heteroatoms. The molecule has 0 saturated carbocycles. The van der Waals surface area contributed by atoms with Crippen molar-refractivity contribution >= 4 is 11.6 Å². The number of hydrogen-bond donors (Lipinski definition) is 1. The van der Waals surface area contributed by atoms with E-state index in [9.17, 15) is 4.79 Å². The van der Waals surface area contributed by atoms with E-state index in [0.29, 0.717) is 17.7 Å². The summed E-state index contributed by atoms with van der Waals surface area (Å²) in [4.78, 5) is 12.1. The lowest BCUT2D eigenvalue weighted by molar-refractivity contribution is -0.115. The molecule has 0 aliphatic heterocycles. The number of benzene rings is 3. The van der Waals surface area contributed by atoms with E-state index in [1.807, 2.05) is 42.5 Å². The second-order valence-electron chi connectivity index (χ2n) is 5.48. The standard InChI is InChI=1S/C21H16N2O/c22-15-17-8-12-20(13-9-17)23-21(24)14-16-6-10-19(11-7-16)18-4-2-1-3-5-18/h1-13H,14H2,(H,23,24). The molecular weight excluding hydrogens is 296 g/mol. The summed E-state index contributed by atoms with van der Waals surface area (Å²) in [6.07, 6.45) is 0.315. The quantitative estimate of drug-likeness (QED) is 0.776. The van der Waals surface area contributed by atoms with Crippen LogP contribution >= 0.6 is 0 Å². The average molecular weight is 312 g/mol. The van der Waals surface area contributed by atoms with Crippen molar-refractivity contribution in [2.45, 2.75) is 6.42 Å². The van der Waals surface area contributed by atoms with E-state index in [4.69, 9.17) is 5.26 Å². The number of hydrogen-bond acceptors (Lipinski definition) is 2. The molecule has 0 spiro atoms. The maximum Gasteiger partial charge on any atom is 0.228 e. The van der Waals surface area contributed by atoms with E-state index in [1.165, 1.54) is 0 Å². The Morgan fingerprint density at radius 3 is 2.08 bits per heavy atom. The van der Waals surface area contributed by atoms with Gasteiger partial charge in [0.25, 0.3) is 0 Å². The highest BCUT2D eigenvalue weighted by atomic mass is 16.1. The van der Waals surface area contributed by atoms with Crippen LogP contribution in [0.25, 0.3) is 11.1 Å². The molecule has 0 aliphatic carbocycles. The van der Waals surface area contributed by atoms with Gasteiger partial charge in [0, 0.05) is 5.69 Å². The van der Waals surface area contributed by atoms with Gasteiger partial charge in [-0.2, -0.15) is 5.26 Å². The summed E-state index contributed by atoms with van der Waals surface area (Å²) in [5.74, 6) is -0.0767. The van der Waals surface area contributed by atoms with Gasteiger partial charge >= 0.3 is 0 Å². The lowest BCUT2D eigenvalue weighted by Crippen LogP contribution is -2.14. The second kappa shape index (κ2) is 7.26. The summed E-state index contributed by atoms with van der Waals surface area (Å²) in [6, 6.07) is 27.0. The number of carbonyl (C=O) groups is 1. The fourth-order valence-electron chi connectivity index (χ4n) is 2.46. The predicted molar refractivity (Wildman–Crippen MR) is 95.4 cm³/mol. The largest absolute Gasteiger partial charge is 0.326 e. The molecule has 1 amide bonds. The number of nitrogens with zero attached hydrogens (tertiary/aromatic N) is 1. The Morgan fingerprint density at radius 2 is 1.46 bits per heavy atom. The van der Waals surface area contributed by atoms with Gasteiger partial charge in [-0.3, -0.25) is 4.79 Å². The zero-order valence-electron chi connectivity index (χ0n) is 13.1. The molecule has 0 heterocycles. The summed E-state index contributed by atoms with van der Waals surface area (Å²) in [5.41, 5.74) is 4.52. The highest BCUT2D eigenvalue weighted by molar-refractivity contribution is 5.92. The molecule has 0 bridgehead atoms. The van der Waals surface area contributed by atoms with Crippen LogP contribution in [0.5, 0.6) is 0 Å². The van der Waals surface area contributed by atoms with Gasteiger partial charge in [-0.15, -0.1) is 0 Å². The first-order valence-electron chi connectivity index (χ1n) is 7.69. The van der Waals surface area contributed by atoms with E-state index in [2.05, 4.69) is 23.5 Å². The summed E-state index contributed by atoms with van der Waals surface area (Å²) in [7, 11) is 0. The lowest BCUT2D eigenvalue weighted by atomic mass is 10.0. The van der Waals surface area contributed by atoms with Gasteiger partial charge in [-0.1, -0.05) is 54.6 Å². The number of anilines is 1. The molecule has 0 saturated heterocycles. The Morgan fingerprint density at radius 1 is 0.833 bits per heavy atom. The van der Waals surface area contributed by atoms with Crippen LogP contribution in [0.3, 0.4) is 0 Å². The van der Waals surface area contributed by atoms with Crippen LogP contribution < -0.4 is 5.32 Å². The number of rotatable bonds is 4. The van der Waals surface area contributed by atoms with E-state index < -0.39 is 0 Å². The summed E-state index contributed by atoms with van der Waals surface area (Å²) in [6.45, 7) is 0. The lowest BCUT2D eigenvalue weighted by Gasteiger charge is -2.07. The van der Waals surface area contributed by atoms with Crippen molar-refractivity contribution in [3.8, 4) is 17.2 Å². The van der Waals surface area contributed by atoms with Crippen molar-refractivity contribution in [2.24, 2.45) is 0 Å². The van der Waals surface area contributed by atoms with Crippen molar-refractivity contribution in [1.82, 2.24) is 0 Å². The molecule has 3 aromatic rings. The van der Waals surface area contributed by atoms with Gasteiger partial charge in [-0.05, 0) is 41.0 Å². The Bertz CT molecular complexity index is 860. The smallest absolute Gasteiger partial charge is 0.228 e. The van der Waals surface area contributed by atoms with Crippen LogP contribution in [0.1, 0.15) is 11.1 Å². The van der Waals surface area contributed by atoms with Crippen LogP contribution in [0, 0.1) is 11.3 Å². The third-order valence-electron chi connectivity index (χ3n) is 3.72. The van der Waals surface area contributed by atoms with E-state index in [-0.39, 0.29) is 5.91 Å². The molecule has 3 aromatic carbocycles. The van der Waals surface area contributed by atoms with Crippen LogP contribution in [-0.4, -0.2) is 5.91 Å². The van der Waals surface area contributed by atoms with Crippen LogP contribution in [0.4, 0.5) is 5.69 Å². The van der Waals surface area contributed by atoms with Crippen molar-refractivity contribution in [1.29, 1.82) is 5.26 Å². The molecule has 24 heavy (non-hydrogen) atoms.